The van der Waals surface area contributed by atoms with Gasteiger partial charge >= 0.3 is 6.09 Å². The van der Waals surface area contributed by atoms with E-state index in [0.29, 0.717) is 18.4 Å². The number of imidazole rings is 1. The van der Waals surface area contributed by atoms with Gasteiger partial charge in [-0.05, 0) is 43.7 Å². The molecule has 0 saturated heterocycles. The maximum Gasteiger partial charge on any atom is 0.407 e. The number of aromatic nitrogens is 2. The third-order valence-electron chi connectivity index (χ3n) is 4.89. The predicted molar refractivity (Wildman–Crippen MR) is 86.1 cm³/mol. The lowest BCUT2D eigenvalue weighted by Gasteiger charge is -2.30. The van der Waals surface area contributed by atoms with Gasteiger partial charge in [0, 0.05) is 26.6 Å². The van der Waals surface area contributed by atoms with E-state index < -0.39 is 6.09 Å². The molecule has 0 unspecified atom stereocenters. The van der Waals surface area contributed by atoms with Gasteiger partial charge in [0.05, 0.1) is 11.0 Å². The quantitative estimate of drug-likeness (QED) is 0.944. The number of nitrogens with zero attached hydrogens (tertiary/aromatic N) is 3. The smallest absolute Gasteiger partial charge is 0.407 e. The van der Waals surface area contributed by atoms with Crippen LogP contribution in [-0.2, 0) is 7.05 Å². The van der Waals surface area contributed by atoms with Gasteiger partial charge in [-0.3, -0.25) is 0 Å². The first kappa shape index (κ1) is 14.9. The highest BCUT2D eigenvalue weighted by molar-refractivity contribution is 5.75. The molecule has 0 bridgehead atoms. The topological polar surface area (TPSA) is 58.4 Å². The van der Waals surface area contributed by atoms with E-state index in [1.54, 1.807) is 7.05 Å². The van der Waals surface area contributed by atoms with Crippen LogP contribution in [0.15, 0.2) is 24.3 Å². The number of rotatable bonds is 3. The molecule has 5 nitrogen and oxygen atoms in total. The molecule has 5 heteroatoms. The van der Waals surface area contributed by atoms with Gasteiger partial charge in [0.15, 0.2) is 0 Å². The monoisotopic (exact) mass is 301 g/mol. The summed E-state index contributed by atoms with van der Waals surface area (Å²) < 4.78 is 2.21. The van der Waals surface area contributed by atoms with Gasteiger partial charge in [0.1, 0.15) is 5.82 Å². The summed E-state index contributed by atoms with van der Waals surface area (Å²) in [5, 5.41) is 8.97. The van der Waals surface area contributed by atoms with Gasteiger partial charge in [-0.15, -0.1) is 0 Å². The minimum atomic E-state index is -0.836. The Morgan fingerprint density at radius 1 is 1.32 bits per heavy atom. The fraction of sp³-hybridized carbons (Fsp3) is 0.529. The highest BCUT2D eigenvalue weighted by atomic mass is 16.4. The maximum atomic E-state index is 10.9. The molecule has 1 N–H and O–H groups in total. The highest BCUT2D eigenvalue weighted by Crippen LogP contribution is 2.36. The summed E-state index contributed by atoms with van der Waals surface area (Å²) in [6, 6.07) is 8.25. The van der Waals surface area contributed by atoms with Crippen molar-refractivity contribution in [3.63, 3.8) is 0 Å². The summed E-state index contributed by atoms with van der Waals surface area (Å²) in [6.45, 7) is 0.643. The van der Waals surface area contributed by atoms with E-state index in [9.17, 15) is 4.79 Å². The molecule has 2 aromatic rings. The standard InChI is InChI=1S/C17H23N3O2/c1-19(17(21)22)11-12-7-9-13(10-8-12)16-18-14-5-3-4-6-15(14)20(16)2/h3-6,12-13H,7-11H2,1-2H3,(H,21,22)/t12-,13-. The second-order valence-corrected chi connectivity index (χ2v) is 6.40. The molecule has 1 saturated carbocycles. The minimum Gasteiger partial charge on any atom is -0.465 e. The molecule has 0 atom stereocenters. The Bertz CT molecular complexity index is 672. The zero-order valence-corrected chi connectivity index (χ0v) is 13.2. The summed E-state index contributed by atoms with van der Waals surface area (Å²) in [5.74, 6) is 2.14. The van der Waals surface area contributed by atoms with E-state index >= 15 is 0 Å². The number of carboxylic acid groups (broad SMARTS) is 1. The second-order valence-electron chi connectivity index (χ2n) is 6.40. The molecule has 3 rings (SSSR count). The molecular formula is C17H23N3O2. The van der Waals surface area contributed by atoms with E-state index in [4.69, 9.17) is 10.1 Å². The van der Waals surface area contributed by atoms with Gasteiger partial charge in [-0.2, -0.15) is 0 Å². The summed E-state index contributed by atoms with van der Waals surface area (Å²) >= 11 is 0. The third-order valence-corrected chi connectivity index (χ3v) is 4.89. The van der Waals surface area contributed by atoms with Crippen LogP contribution < -0.4 is 0 Å². The Morgan fingerprint density at radius 3 is 2.64 bits per heavy atom. The van der Waals surface area contributed by atoms with Crippen LogP contribution in [0.5, 0.6) is 0 Å². The Labute approximate surface area is 130 Å². The van der Waals surface area contributed by atoms with Crippen molar-refractivity contribution in [1.29, 1.82) is 0 Å². The van der Waals surface area contributed by atoms with Gasteiger partial charge in [0.2, 0.25) is 0 Å². The van der Waals surface area contributed by atoms with Crippen molar-refractivity contribution in [2.24, 2.45) is 13.0 Å². The number of amides is 1. The number of hydrogen-bond donors (Lipinski definition) is 1. The Balaban J connectivity index is 1.68. The lowest BCUT2D eigenvalue weighted by molar-refractivity contribution is 0.142. The number of hydrogen-bond acceptors (Lipinski definition) is 2. The lowest BCUT2D eigenvalue weighted by Crippen LogP contribution is -2.32. The van der Waals surface area contributed by atoms with E-state index in [0.717, 1.165) is 31.2 Å². The van der Waals surface area contributed by atoms with Crippen molar-refractivity contribution in [2.45, 2.75) is 31.6 Å². The summed E-state index contributed by atoms with van der Waals surface area (Å²) in [6.07, 6.45) is 3.50. The van der Waals surface area contributed by atoms with Crippen molar-refractivity contribution < 1.29 is 9.90 Å². The van der Waals surface area contributed by atoms with E-state index in [-0.39, 0.29) is 0 Å². The molecule has 1 heterocycles. The van der Waals surface area contributed by atoms with Crippen LogP contribution in [0.2, 0.25) is 0 Å². The Hall–Kier alpha value is -2.04. The van der Waals surface area contributed by atoms with Gasteiger partial charge in [-0.25, -0.2) is 9.78 Å². The van der Waals surface area contributed by atoms with Crippen LogP contribution in [-0.4, -0.2) is 39.2 Å². The number of para-hydroxylation sites is 2. The first-order valence-corrected chi connectivity index (χ1v) is 7.91. The van der Waals surface area contributed by atoms with Gasteiger partial charge in [0.25, 0.3) is 0 Å². The third kappa shape index (κ3) is 2.80. The van der Waals surface area contributed by atoms with E-state index in [2.05, 4.69) is 23.7 Å². The normalized spacial score (nSPS) is 21.9. The fourth-order valence-corrected chi connectivity index (χ4v) is 3.60. The minimum absolute atomic E-state index is 0.479. The van der Waals surface area contributed by atoms with E-state index in [1.807, 2.05) is 12.1 Å². The molecule has 1 fully saturated rings. The maximum absolute atomic E-state index is 10.9. The predicted octanol–water partition coefficient (Wildman–Crippen LogP) is 3.46. The molecule has 1 aliphatic carbocycles. The first-order chi connectivity index (χ1) is 10.6. The molecule has 1 amide bonds. The van der Waals surface area contributed by atoms with Crippen molar-refractivity contribution >= 4 is 17.1 Å². The second kappa shape index (κ2) is 5.99. The molecule has 118 valence electrons. The number of benzene rings is 1. The highest BCUT2D eigenvalue weighted by Gasteiger charge is 2.27. The largest absolute Gasteiger partial charge is 0.465 e. The number of fused-ring (bicyclic) bond motifs is 1. The summed E-state index contributed by atoms with van der Waals surface area (Å²) in [7, 11) is 3.74. The van der Waals surface area contributed by atoms with Crippen molar-refractivity contribution in [2.75, 3.05) is 13.6 Å². The zero-order chi connectivity index (χ0) is 15.7. The molecule has 0 spiro atoms. The van der Waals surface area contributed by atoms with Crippen molar-refractivity contribution in [3.05, 3.63) is 30.1 Å². The molecule has 0 aliphatic heterocycles. The summed E-state index contributed by atoms with van der Waals surface area (Å²) in [4.78, 5) is 17.1. The molecular weight excluding hydrogens is 278 g/mol. The average Bonchev–Trinajstić information content (AvgIpc) is 2.85. The van der Waals surface area contributed by atoms with Gasteiger partial charge < -0.3 is 14.6 Å². The van der Waals surface area contributed by atoms with Crippen molar-refractivity contribution in [3.8, 4) is 0 Å². The fourth-order valence-electron chi connectivity index (χ4n) is 3.60. The van der Waals surface area contributed by atoms with Crippen LogP contribution in [0.25, 0.3) is 11.0 Å². The van der Waals surface area contributed by atoms with Crippen LogP contribution in [0.4, 0.5) is 4.79 Å². The molecule has 22 heavy (non-hydrogen) atoms. The number of carbonyl (C=O) groups is 1. The molecule has 1 aromatic carbocycles. The van der Waals surface area contributed by atoms with E-state index in [1.165, 1.54) is 16.2 Å². The van der Waals surface area contributed by atoms with Crippen LogP contribution in [0.3, 0.4) is 0 Å². The first-order valence-electron chi connectivity index (χ1n) is 7.91. The Morgan fingerprint density at radius 2 is 2.00 bits per heavy atom. The molecule has 1 aromatic heterocycles. The van der Waals surface area contributed by atoms with Crippen LogP contribution in [0, 0.1) is 5.92 Å². The van der Waals surface area contributed by atoms with Crippen LogP contribution in [0.1, 0.15) is 37.4 Å². The lowest BCUT2D eigenvalue weighted by atomic mass is 9.81. The molecule has 1 aliphatic rings. The summed E-state index contributed by atoms with van der Waals surface area (Å²) in [5.41, 5.74) is 2.25. The Kier molecular flexibility index (Phi) is 4.05. The van der Waals surface area contributed by atoms with Gasteiger partial charge in [-0.1, -0.05) is 12.1 Å². The molecule has 0 radical (unpaired) electrons. The van der Waals surface area contributed by atoms with Crippen LogP contribution >= 0.6 is 0 Å². The number of aryl methyl sites for hydroxylation is 1. The SMILES string of the molecule is CN(C[C@H]1CC[C@H](c2nc3ccccc3n2C)CC1)C(=O)O. The van der Waals surface area contributed by atoms with Crippen molar-refractivity contribution in [1.82, 2.24) is 14.5 Å². The zero-order valence-electron chi connectivity index (χ0n) is 13.2. The average molecular weight is 301 g/mol.